The van der Waals surface area contributed by atoms with Gasteiger partial charge in [0.2, 0.25) is 5.91 Å². The first-order valence-corrected chi connectivity index (χ1v) is 8.15. The molecule has 26 heavy (non-hydrogen) atoms. The first kappa shape index (κ1) is 19.9. The molecule has 2 rings (SSSR count). The van der Waals surface area contributed by atoms with E-state index in [9.17, 15) is 22.8 Å². The van der Waals surface area contributed by atoms with Crippen molar-refractivity contribution in [3.63, 3.8) is 0 Å². The summed E-state index contributed by atoms with van der Waals surface area (Å²) < 4.78 is 41.0. The Morgan fingerprint density at radius 1 is 1.31 bits per heavy atom. The van der Waals surface area contributed by atoms with E-state index in [1.54, 1.807) is 7.05 Å². The fraction of sp³-hybridized carbons (Fsp3) is 0.429. The van der Waals surface area contributed by atoms with E-state index in [2.05, 4.69) is 36.8 Å². The Kier molecular flexibility index (Phi) is 5.44. The van der Waals surface area contributed by atoms with Crippen LogP contribution in [-0.2, 0) is 18.0 Å². The van der Waals surface area contributed by atoms with Gasteiger partial charge in [0.15, 0.2) is 11.4 Å². The number of aromatic nitrogens is 4. The second-order valence-electron chi connectivity index (χ2n) is 5.50. The van der Waals surface area contributed by atoms with E-state index in [4.69, 9.17) is 0 Å². The number of carbonyl (C=O) groups is 2. The fourth-order valence-corrected chi connectivity index (χ4v) is 2.76. The topological polar surface area (TPSA) is 93.8 Å². The van der Waals surface area contributed by atoms with Crippen molar-refractivity contribution < 1.29 is 22.8 Å². The summed E-state index contributed by atoms with van der Waals surface area (Å²) in [7, 11) is 2.98. The largest absolute Gasteiger partial charge is 0.436 e. The zero-order chi connectivity index (χ0) is 19.8. The molecule has 1 atom stereocenters. The Balaban J connectivity index is 2.31. The normalized spacial score (nSPS) is 12.8. The molecular weight excluding hydrogens is 421 g/mol. The average Bonchev–Trinajstić information content (AvgIpc) is 3.06. The van der Waals surface area contributed by atoms with Gasteiger partial charge in [0.25, 0.3) is 5.91 Å². The number of amides is 2. The molecule has 142 valence electrons. The Labute approximate surface area is 154 Å². The zero-order valence-corrected chi connectivity index (χ0v) is 15.9. The van der Waals surface area contributed by atoms with Crippen molar-refractivity contribution in [2.75, 3.05) is 12.4 Å². The van der Waals surface area contributed by atoms with Crippen molar-refractivity contribution in [2.45, 2.75) is 26.1 Å². The number of rotatable bonds is 4. The first-order valence-electron chi connectivity index (χ1n) is 7.35. The summed E-state index contributed by atoms with van der Waals surface area (Å²) in [5.74, 6) is -1.15. The van der Waals surface area contributed by atoms with Crippen molar-refractivity contribution in [1.29, 1.82) is 0 Å². The highest BCUT2D eigenvalue weighted by atomic mass is 79.9. The SMILES string of the molecule is CNC(=O)c1nn(C)cc1NC(=O)[C@@H](C)n1nc(C(F)(F)F)c(Br)c1C. The Morgan fingerprint density at radius 2 is 1.92 bits per heavy atom. The molecule has 0 radical (unpaired) electrons. The highest BCUT2D eigenvalue weighted by Gasteiger charge is 2.39. The quantitative estimate of drug-likeness (QED) is 0.768. The van der Waals surface area contributed by atoms with E-state index >= 15 is 0 Å². The van der Waals surface area contributed by atoms with Gasteiger partial charge in [-0.3, -0.25) is 19.0 Å². The number of alkyl halides is 3. The molecule has 2 amide bonds. The van der Waals surface area contributed by atoms with Crippen molar-refractivity contribution in [3.8, 4) is 0 Å². The van der Waals surface area contributed by atoms with E-state index < -0.39 is 29.7 Å². The fourth-order valence-electron chi connectivity index (χ4n) is 2.27. The van der Waals surface area contributed by atoms with Gasteiger partial charge in [-0.05, 0) is 29.8 Å². The molecule has 0 aromatic carbocycles. The molecule has 0 aliphatic heterocycles. The maximum Gasteiger partial charge on any atom is 0.436 e. The van der Waals surface area contributed by atoms with Gasteiger partial charge in [-0.15, -0.1) is 0 Å². The number of hydrogen-bond acceptors (Lipinski definition) is 4. The number of anilines is 1. The number of carbonyl (C=O) groups excluding carboxylic acids is 2. The lowest BCUT2D eigenvalue weighted by molar-refractivity contribution is -0.142. The summed E-state index contributed by atoms with van der Waals surface area (Å²) in [5, 5.41) is 12.3. The molecule has 2 heterocycles. The van der Waals surface area contributed by atoms with E-state index in [0.29, 0.717) is 0 Å². The number of hydrogen-bond donors (Lipinski definition) is 2. The number of nitrogens with zero attached hydrogens (tertiary/aromatic N) is 4. The third kappa shape index (κ3) is 3.74. The molecule has 12 heteroatoms. The van der Waals surface area contributed by atoms with Crippen LogP contribution in [0.1, 0.15) is 34.8 Å². The monoisotopic (exact) mass is 436 g/mol. The minimum atomic E-state index is -4.65. The van der Waals surface area contributed by atoms with Crippen LogP contribution in [0.2, 0.25) is 0 Å². The molecule has 8 nitrogen and oxygen atoms in total. The minimum absolute atomic E-state index is 0.00935. The zero-order valence-electron chi connectivity index (χ0n) is 14.3. The van der Waals surface area contributed by atoms with Crippen LogP contribution in [0.4, 0.5) is 18.9 Å². The molecule has 0 aliphatic rings. The highest BCUT2D eigenvalue weighted by Crippen LogP contribution is 2.36. The molecule has 0 saturated heterocycles. The van der Waals surface area contributed by atoms with Crippen LogP contribution < -0.4 is 10.6 Å². The van der Waals surface area contributed by atoms with Gasteiger partial charge < -0.3 is 10.6 Å². The van der Waals surface area contributed by atoms with E-state index in [-0.39, 0.29) is 21.5 Å². The van der Waals surface area contributed by atoms with Crippen molar-refractivity contribution in [2.24, 2.45) is 7.05 Å². The van der Waals surface area contributed by atoms with E-state index in [0.717, 1.165) is 4.68 Å². The van der Waals surface area contributed by atoms with E-state index in [1.807, 2.05) is 0 Å². The molecule has 0 spiro atoms. The molecule has 0 saturated carbocycles. The molecule has 0 bridgehead atoms. The summed E-state index contributed by atoms with van der Waals surface area (Å²) in [6.07, 6.45) is -3.23. The highest BCUT2D eigenvalue weighted by molar-refractivity contribution is 9.10. The summed E-state index contributed by atoms with van der Waals surface area (Å²) in [4.78, 5) is 24.3. The molecule has 0 unspecified atom stereocenters. The Bertz CT molecular complexity index is 858. The molecule has 2 N–H and O–H groups in total. The second kappa shape index (κ2) is 7.09. The van der Waals surface area contributed by atoms with Crippen LogP contribution in [0.3, 0.4) is 0 Å². The third-order valence-electron chi connectivity index (χ3n) is 3.62. The number of aryl methyl sites for hydroxylation is 1. The molecular formula is C14H16BrF3N6O2. The summed E-state index contributed by atoms with van der Waals surface area (Å²) in [6, 6.07) is -1.06. The van der Waals surface area contributed by atoms with Crippen LogP contribution in [0, 0.1) is 6.92 Å². The van der Waals surface area contributed by atoms with Crippen LogP contribution in [0.25, 0.3) is 0 Å². The third-order valence-corrected chi connectivity index (χ3v) is 4.57. The van der Waals surface area contributed by atoms with Crippen LogP contribution >= 0.6 is 15.9 Å². The lowest BCUT2D eigenvalue weighted by Gasteiger charge is -2.14. The summed E-state index contributed by atoms with van der Waals surface area (Å²) >= 11 is 2.86. The van der Waals surface area contributed by atoms with Crippen molar-refractivity contribution in [1.82, 2.24) is 24.9 Å². The second-order valence-corrected chi connectivity index (χ2v) is 6.29. The molecule has 0 fully saturated rings. The molecule has 2 aromatic rings. The van der Waals surface area contributed by atoms with Gasteiger partial charge in [-0.2, -0.15) is 23.4 Å². The van der Waals surface area contributed by atoms with Crippen molar-refractivity contribution in [3.05, 3.63) is 27.8 Å². The van der Waals surface area contributed by atoms with Crippen LogP contribution in [0.5, 0.6) is 0 Å². The average molecular weight is 437 g/mol. The minimum Gasteiger partial charge on any atom is -0.354 e. The molecule has 2 aromatic heterocycles. The summed E-state index contributed by atoms with van der Waals surface area (Å²) in [6.45, 7) is 2.81. The van der Waals surface area contributed by atoms with Gasteiger partial charge in [0.1, 0.15) is 6.04 Å². The van der Waals surface area contributed by atoms with Gasteiger partial charge >= 0.3 is 6.18 Å². The predicted octanol–water partition coefficient (Wildman–Crippen LogP) is 2.27. The van der Waals surface area contributed by atoms with Crippen molar-refractivity contribution >= 4 is 33.4 Å². The summed E-state index contributed by atoms with van der Waals surface area (Å²) in [5.41, 5.74) is -0.826. The van der Waals surface area contributed by atoms with Gasteiger partial charge in [0.05, 0.1) is 15.9 Å². The first-order chi connectivity index (χ1) is 12.0. The molecule has 0 aliphatic carbocycles. The van der Waals surface area contributed by atoms with Gasteiger partial charge in [0, 0.05) is 20.3 Å². The number of nitrogens with one attached hydrogen (secondary N) is 2. The Morgan fingerprint density at radius 3 is 2.42 bits per heavy atom. The van der Waals surface area contributed by atoms with E-state index in [1.165, 1.54) is 31.8 Å². The van der Waals surface area contributed by atoms with Gasteiger partial charge in [-0.25, -0.2) is 0 Å². The standard InChI is InChI=1S/C14H16BrF3N6O2/c1-6-9(15)11(14(16,17)18)22-24(6)7(2)12(25)20-8-5-23(4)21-10(8)13(26)19-3/h5,7H,1-4H3,(H,19,26)(H,20,25)/t7-/m1/s1. The maximum absolute atomic E-state index is 13.0. The van der Waals surface area contributed by atoms with Crippen LogP contribution in [-0.4, -0.2) is 38.4 Å². The lowest BCUT2D eigenvalue weighted by atomic mass is 10.2. The smallest absolute Gasteiger partial charge is 0.354 e. The number of halogens is 4. The van der Waals surface area contributed by atoms with Gasteiger partial charge in [-0.1, -0.05) is 0 Å². The predicted molar refractivity (Wildman–Crippen MR) is 89.6 cm³/mol. The Hall–Kier alpha value is -2.37. The lowest BCUT2D eigenvalue weighted by Crippen LogP contribution is -2.27. The van der Waals surface area contributed by atoms with Crippen LogP contribution in [0.15, 0.2) is 10.7 Å². The maximum atomic E-state index is 13.0.